The molecule has 0 aliphatic rings. The molecule has 2 aromatic rings. The van der Waals surface area contributed by atoms with E-state index in [4.69, 9.17) is 0 Å². The second-order valence-corrected chi connectivity index (χ2v) is 6.10. The van der Waals surface area contributed by atoms with Gasteiger partial charge in [0.2, 0.25) is 11.9 Å². The number of aromatic nitrogens is 3. The summed E-state index contributed by atoms with van der Waals surface area (Å²) < 4.78 is 55.3. The number of hydrogen-bond donors (Lipinski definition) is 2. The van der Waals surface area contributed by atoms with Gasteiger partial charge in [-0.25, -0.2) is 17.6 Å². The third kappa shape index (κ3) is 4.53. The van der Waals surface area contributed by atoms with Crippen LogP contribution < -0.4 is 10.6 Å². The predicted octanol–water partition coefficient (Wildman–Crippen LogP) is 4.22. The smallest absolute Gasteiger partial charge is 0.232 e. The summed E-state index contributed by atoms with van der Waals surface area (Å²) in [6, 6.07) is 3.27. The molecule has 2 rings (SSSR count). The monoisotopic (exact) mass is 343 g/mol. The summed E-state index contributed by atoms with van der Waals surface area (Å²) in [6.07, 6.45) is 0. The SMILES string of the molecule is CC(C)(F)Nc1nc(Nc2c(F)cccc2F)nc(C(C)(C)F)n1. The van der Waals surface area contributed by atoms with Crippen molar-refractivity contribution in [2.75, 3.05) is 10.6 Å². The van der Waals surface area contributed by atoms with E-state index < -0.39 is 28.8 Å². The van der Waals surface area contributed by atoms with Gasteiger partial charge in [-0.2, -0.15) is 15.0 Å². The Labute approximate surface area is 136 Å². The zero-order chi connectivity index (χ0) is 18.1. The van der Waals surface area contributed by atoms with Crippen LogP contribution in [0.15, 0.2) is 18.2 Å². The Kier molecular flexibility index (Phi) is 4.63. The minimum atomic E-state index is -1.97. The average Bonchev–Trinajstić information content (AvgIpc) is 2.40. The Balaban J connectivity index is 2.47. The first-order chi connectivity index (χ1) is 11.0. The van der Waals surface area contributed by atoms with E-state index in [0.29, 0.717) is 0 Å². The van der Waals surface area contributed by atoms with Crippen LogP contribution in [-0.4, -0.2) is 20.7 Å². The molecular weight excluding hydrogens is 326 g/mol. The number of halogens is 4. The predicted molar refractivity (Wildman–Crippen MR) is 82.4 cm³/mol. The summed E-state index contributed by atoms with van der Waals surface area (Å²) in [5.74, 6) is -4.55. The van der Waals surface area contributed by atoms with Crippen LogP contribution in [0, 0.1) is 11.6 Å². The van der Waals surface area contributed by atoms with Gasteiger partial charge in [0.05, 0.1) is 0 Å². The molecule has 24 heavy (non-hydrogen) atoms. The molecule has 0 fully saturated rings. The van der Waals surface area contributed by atoms with Crippen LogP contribution >= 0.6 is 0 Å². The molecule has 0 spiro atoms. The summed E-state index contributed by atoms with van der Waals surface area (Å²) in [6.45, 7) is 4.81. The minimum absolute atomic E-state index is 0.266. The van der Waals surface area contributed by atoms with Crippen molar-refractivity contribution in [1.29, 1.82) is 0 Å². The molecule has 0 radical (unpaired) electrons. The van der Waals surface area contributed by atoms with Crippen LogP contribution in [-0.2, 0) is 5.67 Å². The van der Waals surface area contributed by atoms with E-state index in [-0.39, 0.29) is 17.7 Å². The Morgan fingerprint density at radius 2 is 1.42 bits per heavy atom. The summed E-state index contributed by atoms with van der Waals surface area (Å²) in [5.41, 5.74) is -2.47. The lowest BCUT2D eigenvalue weighted by atomic mass is 10.1. The number of benzene rings is 1. The van der Waals surface area contributed by atoms with Gasteiger partial charge in [0.25, 0.3) is 0 Å². The third-order valence-electron chi connectivity index (χ3n) is 2.78. The van der Waals surface area contributed by atoms with E-state index in [1.807, 2.05) is 0 Å². The molecule has 0 saturated carbocycles. The lowest BCUT2D eigenvalue weighted by Gasteiger charge is -2.19. The second kappa shape index (κ2) is 6.21. The van der Waals surface area contributed by atoms with Gasteiger partial charge in [-0.05, 0) is 39.8 Å². The molecule has 130 valence electrons. The fraction of sp³-hybridized carbons (Fsp3) is 0.400. The normalized spacial score (nSPS) is 12.2. The van der Waals surface area contributed by atoms with Crippen molar-refractivity contribution in [3.8, 4) is 0 Å². The molecule has 0 amide bonds. The molecule has 1 heterocycles. The summed E-state index contributed by atoms with van der Waals surface area (Å²) in [7, 11) is 0. The van der Waals surface area contributed by atoms with Crippen LogP contribution in [0.4, 0.5) is 35.1 Å². The van der Waals surface area contributed by atoms with Crippen molar-refractivity contribution in [3.63, 3.8) is 0 Å². The Morgan fingerprint density at radius 1 is 0.875 bits per heavy atom. The number of rotatable bonds is 5. The maximum Gasteiger partial charge on any atom is 0.232 e. The Bertz CT molecular complexity index is 717. The number of hydrogen-bond acceptors (Lipinski definition) is 5. The van der Waals surface area contributed by atoms with Gasteiger partial charge < -0.3 is 10.6 Å². The first-order valence-electron chi connectivity index (χ1n) is 7.09. The van der Waals surface area contributed by atoms with E-state index in [0.717, 1.165) is 12.1 Å². The van der Waals surface area contributed by atoms with Gasteiger partial charge in [-0.3, -0.25) is 0 Å². The van der Waals surface area contributed by atoms with E-state index in [1.54, 1.807) is 0 Å². The van der Waals surface area contributed by atoms with E-state index >= 15 is 0 Å². The van der Waals surface area contributed by atoms with Gasteiger partial charge in [0, 0.05) is 0 Å². The molecule has 0 atom stereocenters. The molecule has 0 bridgehead atoms. The van der Waals surface area contributed by atoms with Crippen molar-refractivity contribution in [2.45, 2.75) is 39.2 Å². The molecule has 1 aromatic carbocycles. The van der Waals surface area contributed by atoms with Crippen LogP contribution in [0.1, 0.15) is 33.5 Å². The van der Waals surface area contributed by atoms with Crippen molar-refractivity contribution in [1.82, 2.24) is 15.0 Å². The topological polar surface area (TPSA) is 62.7 Å². The third-order valence-corrected chi connectivity index (χ3v) is 2.78. The maximum atomic E-state index is 14.2. The van der Waals surface area contributed by atoms with Crippen LogP contribution in [0.2, 0.25) is 0 Å². The molecule has 9 heteroatoms. The molecule has 0 unspecified atom stereocenters. The number of anilines is 3. The van der Waals surface area contributed by atoms with Gasteiger partial charge in [-0.15, -0.1) is 0 Å². The first kappa shape index (κ1) is 17.9. The average molecular weight is 343 g/mol. The van der Waals surface area contributed by atoms with Crippen LogP contribution in [0.25, 0.3) is 0 Å². The quantitative estimate of drug-likeness (QED) is 0.629. The van der Waals surface area contributed by atoms with Gasteiger partial charge in [0.1, 0.15) is 17.3 Å². The highest BCUT2D eigenvalue weighted by atomic mass is 19.2. The summed E-state index contributed by atoms with van der Waals surface area (Å²) >= 11 is 0. The van der Waals surface area contributed by atoms with E-state index in [2.05, 4.69) is 25.6 Å². The molecule has 0 aliphatic carbocycles. The maximum absolute atomic E-state index is 14.2. The van der Waals surface area contributed by atoms with Gasteiger partial charge in [0.15, 0.2) is 17.3 Å². The van der Waals surface area contributed by atoms with Gasteiger partial charge in [-0.1, -0.05) is 6.07 Å². The van der Waals surface area contributed by atoms with E-state index in [9.17, 15) is 17.6 Å². The fourth-order valence-electron chi connectivity index (χ4n) is 1.75. The lowest BCUT2D eigenvalue weighted by molar-refractivity contribution is 0.205. The standard InChI is InChI=1S/C15H17F4N5/c1-14(2,18)11-21-12(23-13(22-11)24-15(3,4)19)20-10-8(16)6-5-7-9(10)17/h5-7H,1-4H3,(H2,20,21,22,23,24). The highest BCUT2D eigenvalue weighted by molar-refractivity contribution is 5.56. The van der Waals surface area contributed by atoms with Crippen molar-refractivity contribution in [2.24, 2.45) is 0 Å². The first-order valence-corrected chi connectivity index (χ1v) is 7.09. The summed E-state index contributed by atoms with van der Waals surface area (Å²) in [5, 5.41) is 4.66. The van der Waals surface area contributed by atoms with Gasteiger partial charge >= 0.3 is 0 Å². The Hall–Kier alpha value is -2.45. The van der Waals surface area contributed by atoms with Crippen LogP contribution in [0.5, 0.6) is 0 Å². The molecule has 0 aliphatic heterocycles. The largest absolute Gasteiger partial charge is 0.322 e. The second-order valence-electron chi connectivity index (χ2n) is 6.10. The van der Waals surface area contributed by atoms with Crippen molar-refractivity contribution >= 4 is 17.6 Å². The molecule has 0 saturated heterocycles. The van der Waals surface area contributed by atoms with Crippen molar-refractivity contribution < 1.29 is 17.6 Å². The highest BCUT2D eigenvalue weighted by Crippen LogP contribution is 2.26. The number of alkyl halides is 2. The van der Waals surface area contributed by atoms with E-state index in [1.165, 1.54) is 33.8 Å². The molecule has 1 aromatic heterocycles. The number of nitrogens with zero attached hydrogens (tertiary/aromatic N) is 3. The molecular formula is C15H17F4N5. The zero-order valence-electron chi connectivity index (χ0n) is 13.6. The van der Waals surface area contributed by atoms with Crippen molar-refractivity contribution in [3.05, 3.63) is 35.7 Å². The molecule has 5 nitrogen and oxygen atoms in total. The summed E-state index contributed by atoms with van der Waals surface area (Å²) in [4.78, 5) is 11.4. The number of nitrogens with one attached hydrogen (secondary N) is 2. The minimum Gasteiger partial charge on any atom is -0.322 e. The zero-order valence-corrected chi connectivity index (χ0v) is 13.6. The van der Waals surface area contributed by atoms with Crippen LogP contribution in [0.3, 0.4) is 0 Å². The number of para-hydroxylation sites is 1. The molecule has 2 N–H and O–H groups in total. The fourth-order valence-corrected chi connectivity index (χ4v) is 1.75. The lowest BCUT2D eigenvalue weighted by Crippen LogP contribution is -2.27. The Morgan fingerprint density at radius 3 is 1.92 bits per heavy atom. The highest BCUT2D eigenvalue weighted by Gasteiger charge is 2.26.